The molecular weight excluding hydrogens is 198 g/mol. The fourth-order valence-electron chi connectivity index (χ4n) is 0.915. The number of amides is 1. The van der Waals surface area contributed by atoms with E-state index in [4.69, 9.17) is 5.73 Å². The van der Waals surface area contributed by atoms with Crippen LogP contribution in [0.1, 0.15) is 18.7 Å². The van der Waals surface area contributed by atoms with Gasteiger partial charge in [-0.25, -0.2) is 0 Å². The normalized spacial score (nSPS) is 11.6. The molecule has 0 aromatic carbocycles. The summed E-state index contributed by atoms with van der Waals surface area (Å²) < 4.78 is 0. The van der Waals surface area contributed by atoms with Crippen LogP contribution in [-0.4, -0.2) is 17.4 Å². The zero-order chi connectivity index (χ0) is 10.6. The molecule has 0 spiro atoms. The van der Waals surface area contributed by atoms with Crippen molar-refractivity contribution in [1.29, 1.82) is 0 Å². The van der Waals surface area contributed by atoms with Crippen molar-refractivity contribution in [2.24, 2.45) is 11.1 Å². The summed E-state index contributed by atoms with van der Waals surface area (Å²) in [6.45, 7) is 4.98. The number of nitrogens with zero attached hydrogens (tertiary/aromatic N) is 1. The van der Waals surface area contributed by atoms with E-state index >= 15 is 0 Å². The molecule has 1 amide bonds. The van der Waals surface area contributed by atoms with Gasteiger partial charge in [0.05, 0.1) is 10.9 Å². The number of hydrogen-bond acceptors (Lipinski definition) is 4. The van der Waals surface area contributed by atoms with Crippen molar-refractivity contribution in [1.82, 2.24) is 10.3 Å². The molecule has 0 fully saturated rings. The Bertz CT molecular complexity index is 295. The maximum Gasteiger partial charge on any atom is 0.224 e. The van der Waals surface area contributed by atoms with Crippen LogP contribution in [0.5, 0.6) is 0 Å². The SMILES string of the molecule is CC(C)(CNCc1cncs1)C(N)=O. The number of nitrogens with two attached hydrogens (primary N) is 1. The third-order valence-corrected chi connectivity index (χ3v) is 2.80. The van der Waals surface area contributed by atoms with Crippen LogP contribution >= 0.6 is 11.3 Å². The van der Waals surface area contributed by atoms with Crippen LogP contribution < -0.4 is 11.1 Å². The minimum atomic E-state index is -0.495. The molecule has 5 heteroatoms. The molecule has 0 radical (unpaired) electrons. The van der Waals surface area contributed by atoms with Crippen LogP contribution in [0.2, 0.25) is 0 Å². The van der Waals surface area contributed by atoms with Gasteiger partial charge in [0.2, 0.25) is 5.91 Å². The van der Waals surface area contributed by atoms with E-state index in [1.807, 2.05) is 20.0 Å². The number of thiazole rings is 1. The van der Waals surface area contributed by atoms with Gasteiger partial charge >= 0.3 is 0 Å². The molecule has 78 valence electrons. The van der Waals surface area contributed by atoms with Crippen LogP contribution in [0.15, 0.2) is 11.7 Å². The number of nitrogens with one attached hydrogen (secondary N) is 1. The summed E-state index contributed by atoms with van der Waals surface area (Å²) in [5, 5.41) is 3.18. The molecule has 0 aliphatic carbocycles. The van der Waals surface area contributed by atoms with E-state index in [2.05, 4.69) is 10.3 Å². The molecule has 0 aliphatic rings. The van der Waals surface area contributed by atoms with Gasteiger partial charge in [0, 0.05) is 24.2 Å². The molecule has 0 unspecified atom stereocenters. The number of primary amides is 1. The lowest BCUT2D eigenvalue weighted by Gasteiger charge is -2.20. The van der Waals surface area contributed by atoms with Crippen LogP contribution in [0.25, 0.3) is 0 Å². The summed E-state index contributed by atoms with van der Waals surface area (Å²) in [7, 11) is 0. The fraction of sp³-hybridized carbons (Fsp3) is 0.556. The first-order valence-electron chi connectivity index (χ1n) is 4.40. The smallest absolute Gasteiger partial charge is 0.224 e. The van der Waals surface area contributed by atoms with Crippen molar-refractivity contribution < 1.29 is 4.79 Å². The van der Waals surface area contributed by atoms with Gasteiger partial charge in [-0.2, -0.15) is 0 Å². The Balaban J connectivity index is 2.31. The Morgan fingerprint density at radius 1 is 1.71 bits per heavy atom. The number of rotatable bonds is 5. The largest absolute Gasteiger partial charge is 0.369 e. The number of carbonyl (C=O) groups is 1. The van der Waals surface area contributed by atoms with Gasteiger partial charge in [-0.05, 0) is 13.8 Å². The highest BCUT2D eigenvalue weighted by atomic mass is 32.1. The number of aromatic nitrogens is 1. The molecule has 1 aromatic heterocycles. The van der Waals surface area contributed by atoms with Gasteiger partial charge in [0.1, 0.15) is 0 Å². The van der Waals surface area contributed by atoms with Crippen molar-refractivity contribution >= 4 is 17.2 Å². The second-order valence-electron chi connectivity index (χ2n) is 3.82. The number of hydrogen-bond donors (Lipinski definition) is 2. The summed E-state index contributed by atoms with van der Waals surface area (Å²) in [6.07, 6.45) is 1.81. The van der Waals surface area contributed by atoms with E-state index in [0.717, 1.165) is 11.4 Å². The summed E-state index contributed by atoms with van der Waals surface area (Å²) in [5.41, 5.74) is 6.53. The Morgan fingerprint density at radius 2 is 2.43 bits per heavy atom. The highest BCUT2D eigenvalue weighted by Crippen LogP contribution is 2.12. The number of carbonyl (C=O) groups excluding carboxylic acids is 1. The summed E-state index contributed by atoms with van der Waals surface area (Å²) in [6, 6.07) is 0. The average Bonchev–Trinajstić information content (AvgIpc) is 2.56. The molecule has 0 saturated carbocycles. The van der Waals surface area contributed by atoms with E-state index in [-0.39, 0.29) is 5.91 Å². The minimum Gasteiger partial charge on any atom is -0.369 e. The van der Waals surface area contributed by atoms with Crippen molar-refractivity contribution in [3.05, 3.63) is 16.6 Å². The van der Waals surface area contributed by atoms with Gasteiger partial charge in [0.25, 0.3) is 0 Å². The fourth-order valence-corrected chi connectivity index (χ4v) is 1.48. The average molecular weight is 213 g/mol. The first kappa shape index (κ1) is 11.1. The van der Waals surface area contributed by atoms with Gasteiger partial charge in [-0.3, -0.25) is 9.78 Å². The second-order valence-corrected chi connectivity index (χ2v) is 4.79. The maximum absolute atomic E-state index is 11.0. The summed E-state index contributed by atoms with van der Waals surface area (Å²) in [5.74, 6) is -0.283. The predicted molar refractivity (Wildman–Crippen MR) is 56.8 cm³/mol. The molecule has 3 N–H and O–H groups in total. The summed E-state index contributed by atoms with van der Waals surface area (Å²) in [4.78, 5) is 16.1. The maximum atomic E-state index is 11.0. The van der Waals surface area contributed by atoms with Gasteiger partial charge < -0.3 is 11.1 Å². The van der Waals surface area contributed by atoms with E-state index in [0.29, 0.717) is 6.54 Å². The molecule has 0 saturated heterocycles. The standard InChI is InChI=1S/C9H15N3OS/c1-9(2,8(10)13)5-11-3-7-4-12-6-14-7/h4,6,11H,3,5H2,1-2H3,(H2,10,13). The zero-order valence-electron chi connectivity index (χ0n) is 8.41. The Labute approximate surface area is 87.5 Å². The van der Waals surface area contributed by atoms with Gasteiger partial charge in [0.15, 0.2) is 0 Å². The van der Waals surface area contributed by atoms with Crippen LogP contribution in [0.3, 0.4) is 0 Å². The van der Waals surface area contributed by atoms with E-state index in [1.165, 1.54) is 0 Å². The molecular formula is C9H15N3OS. The van der Waals surface area contributed by atoms with Crippen LogP contribution in [-0.2, 0) is 11.3 Å². The predicted octanol–water partition coefficient (Wildman–Crippen LogP) is 0.744. The lowest BCUT2D eigenvalue weighted by molar-refractivity contribution is -0.125. The van der Waals surface area contributed by atoms with Crippen molar-refractivity contribution in [3.8, 4) is 0 Å². The van der Waals surface area contributed by atoms with Crippen LogP contribution in [0, 0.1) is 5.41 Å². The quantitative estimate of drug-likeness (QED) is 0.758. The van der Waals surface area contributed by atoms with Crippen molar-refractivity contribution in [2.75, 3.05) is 6.54 Å². The molecule has 1 aromatic rings. The van der Waals surface area contributed by atoms with Crippen molar-refractivity contribution in [3.63, 3.8) is 0 Å². The molecule has 4 nitrogen and oxygen atoms in total. The topological polar surface area (TPSA) is 68.0 Å². The summed E-state index contributed by atoms with van der Waals surface area (Å²) >= 11 is 1.59. The molecule has 1 heterocycles. The molecule has 0 aliphatic heterocycles. The molecule has 1 rings (SSSR count). The highest BCUT2D eigenvalue weighted by Gasteiger charge is 2.23. The third kappa shape index (κ3) is 3.08. The third-order valence-electron chi connectivity index (χ3n) is 2.02. The van der Waals surface area contributed by atoms with Crippen molar-refractivity contribution in [2.45, 2.75) is 20.4 Å². The Hall–Kier alpha value is -0.940. The monoisotopic (exact) mass is 213 g/mol. The first-order valence-corrected chi connectivity index (χ1v) is 5.28. The van der Waals surface area contributed by atoms with E-state index < -0.39 is 5.41 Å². The highest BCUT2D eigenvalue weighted by molar-refractivity contribution is 7.09. The second kappa shape index (κ2) is 4.52. The lowest BCUT2D eigenvalue weighted by Crippen LogP contribution is -2.40. The zero-order valence-corrected chi connectivity index (χ0v) is 9.23. The van der Waals surface area contributed by atoms with Crippen LogP contribution in [0.4, 0.5) is 0 Å². The van der Waals surface area contributed by atoms with E-state index in [9.17, 15) is 4.79 Å². The lowest BCUT2D eigenvalue weighted by atomic mass is 9.93. The Kier molecular flexibility index (Phi) is 3.60. The Morgan fingerprint density at radius 3 is 2.93 bits per heavy atom. The molecule has 0 atom stereocenters. The molecule has 14 heavy (non-hydrogen) atoms. The van der Waals surface area contributed by atoms with Gasteiger partial charge in [-0.1, -0.05) is 0 Å². The van der Waals surface area contributed by atoms with Gasteiger partial charge in [-0.15, -0.1) is 11.3 Å². The first-order chi connectivity index (χ1) is 6.52. The minimum absolute atomic E-state index is 0.283. The molecule has 0 bridgehead atoms. The van der Waals surface area contributed by atoms with E-state index in [1.54, 1.807) is 16.8 Å².